The minimum absolute atomic E-state index is 0.381. The molecule has 0 fully saturated rings. The maximum Gasteiger partial charge on any atom is 0.407 e. The van der Waals surface area contributed by atoms with Gasteiger partial charge in [0.15, 0.2) is 0 Å². The lowest BCUT2D eigenvalue weighted by atomic mass is 10.2. The van der Waals surface area contributed by atoms with E-state index >= 15 is 0 Å². The van der Waals surface area contributed by atoms with Gasteiger partial charge in [-0.1, -0.05) is 46.3 Å². The van der Waals surface area contributed by atoms with Gasteiger partial charge in [0.25, 0.3) is 0 Å². The molecule has 0 spiro atoms. The summed E-state index contributed by atoms with van der Waals surface area (Å²) >= 11 is 3.17. The minimum Gasteiger partial charge on any atom is -0.449 e. The second-order valence-electron chi connectivity index (χ2n) is 2.66. The van der Waals surface area contributed by atoms with Crippen LogP contribution < -0.4 is 5.32 Å². The van der Waals surface area contributed by atoms with E-state index in [-0.39, 0.29) is 6.09 Å². The Morgan fingerprint density at radius 3 is 2.71 bits per heavy atom. The Labute approximate surface area is 91.6 Å². The second kappa shape index (κ2) is 6.43. The zero-order valence-electron chi connectivity index (χ0n) is 7.70. The van der Waals surface area contributed by atoms with Crippen molar-refractivity contribution in [2.75, 3.05) is 11.9 Å². The lowest BCUT2D eigenvalue weighted by Crippen LogP contribution is -2.24. The molecule has 1 amide bonds. The molecular weight excluding hydrogens is 246 g/mol. The van der Waals surface area contributed by atoms with E-state index < -0.39 is 0 Å². The van der Waals surface area contributed by atoms with Crippen LogP contribution in [-0.2, 0) is 11.3 Å². The number of hydrogen-bond donors (Lipinski definition) is 1. The number of halogens is 1. The van der Waals surface area contributed by atoms with Gasteiger partial charge < -0.3 is 10.1 Å². The summed E-state index contributed by atoms with van der Waals surface area (Å²) in [6.07, 6.45) is -0.381. The highest BCUT2D eigenvalue weighted by atomic mass is 79.9. The van der Waals surface area contributed by atoms with Gasteiger partial charge in [0.05, 0.1) is 0 Å². The summed E-state index contributed by atoms with van der Waals surface area (Å²) in [5, 5.41) is 3.31. The molecule has 0 bridgehead atoms. The molecule has 0 aliphatic heterocycles. The van der Waals surface area contributed by atoms with Crippen LogP contribution in [0.1, 0.15) is 5.56 Å². The van der Waals surface area contributed by atoms with Gasteiger partial charge >= 0.3 is 6.09 Å². The number of amides is 1. The lowest BCUT2D eigenvalue weighted by molar-refractivity contribution is 0.153. The normalized spacial score (nSPS) is 9.50. The van der Waals surface area contributed by atoms with Crippen molar-refractivity contribution in [3.8, 4) is 0 Å². The first kappa shape index (κ1) is 11.0. The van der Waals surface area contributed by atoms with E-state index in [0.29, 0.717) is 18.5 Å². The number of carbonyl (C=O) groups excluding carboxylic acids is 1. The Morgan fingerprint density at radius 2 is 2.07 bits per heavy atom. The number of alkyl halides is 1. The van der Waals surface area contributed by atoms with E-state index in [9.17, 15) is 4.79 Å². The van der Waals surface area contributed by atoms with Crippen LogP contribution in [0.4, 0.5) is 4.79 Å². The smallest absolute Gasteiger partial charge is 0.407 e. The number of rotatable bonds is 4. The van der Waals surface area contributed by atoms with Crippen LogP contribution in [0.15, 0.2) is 30.3 Å². The van der Waals surface area contributed by atoms with Crippen molar-refractivity contribution >= 4 is 22.0 Å². The van der Waals surface area contributed by atoms with Gasteiger partial charge in [-0.25, -0.2) is 4.79 Å². The molecule has 0 unspecified atom stereocenters. The quantitative estimate of drug-likeness (QED) is 0.841. The fourth-order valence-corrected chi connectivity index (χ4v) is 1.11. The molecule has 0 radical (unpaired) electrons. The fraction of sp³-hybridized carbons (Fsp3) is 0.300. The standard InChI is InChI=1S/C10H12BrNO2/c11-6-7-14-10(13)12-8-9-4-2-1-3-5-9/h1-5H,6-8H2,(H,12,13). The Kier molecular flexibility index (Phi) is 5.07. The summed E-state index contributed by atoms with van der Waals surface area (Å²) in [4.78, 5) is 11.0. The van der Waals surface area contributed by atoms with Gasteiger partial charge in [0, 0.05) is 11.9 Å². The SMILES string of the molecule is O=C(NCc1ccccc1)OCCBr. The fourth-order valence-electron chi connectivity index (χ4n) is 0.952. The molecule has 0 saturated carbocycles. The molecule has 1 rings (SSSR count). The molecule has 0 saturated heterocycles. The van der Waals surface area contributed by atoms with Gasteiger partial charge in [-0.15, -0.1) is 0 Å². The van der Waals surface area contributed by atoms with E-state index in [0.717, 1.165) is 5.56 Å². The van der Waals surface area contributed by atoms with Crippen LogP contribution in [0.2, 0.25) is 0 Å². The number of hydrogen-bond acceptors (Lipinski definition) is 2. The summed E-state index contributed by atoms with van der Waals surface area (Å²) in [6.45, 7) is 0.891. The Bertz CT molecular complexity index is 277. The van der Waals surface area contributed by atoms with Crippen molar-refractivity contribution in [3.63, 3.8) is 0 Å². The van der Waals surface area contributed by atoms with E-state index in [1.165, 1.54) is 0 Å². The van der Waals surface area contributed by atoms with Crippen molar-refractivity contribution < 1.29 is 9.53 Å². The van der Waals surface area contributed by atoms with Crippen LogP contribution in [0, 0.1) is 0 Å². The predicted molar refractivity (Wildman–Crippen MR) is 58.4 cm³/mol. The number of carbonyl (C=O) groups is 1. The summed E-state index contributed by atoms with van der Waals surface area (Å²) in [5.41, 5.74) is 1.06. The first-order valence-corrected chi connectivity index (χ1v) is 5.45. The van der Waals surface area contributed by atoms with Gasteiger partial charge in [0.1, 0.15) is 6.61 Å². The van der Waals surface area contributed by atoms with Crippen molar-refractivity contribution in [1.29, 1.82) is 0 Å². The van der Waals surface area contributed by atoms with Crippen LogP contribution >= 0.6 is 15.9 Å². The van der Waals surface area contributed by atoms with E-state index in [2.05, 4.69) is 21.2 Å². The molecule has 0 aliphatic rings. The first-order chi connectivity index (χ1) is 6.83. The predicted octanol–water partition coefficient (Wildman–Crippen LogP) is 2.31. The maximum absolute atomic E-state index is 11.0. The molecule has 0 aliphatic carbocycles. The largest absolute Gasteiger partial charge is 0.449 e. The Hall–Kier alpha value is -1.03. The summed E-state index contributed by atoms with van der Waals surface area (Å²) < 4.78 is 4.82. The molecule has 3 nitrogen and oxygen atoms in total. The van der Waals surface area contributed by atoms with Crippen molar-refractivity contribution in [2.45, 2.75) is 6.54 Å². The van der Waals surface area contributed by atoms with Gasteiger partial charge in [0.2, 0.25) is 0 Å². The van der Waals surface area contributed by atoms with E-state index in [1.807, 2.05) is 30.3 Å². The van der Waals surface area contributed by atoms with Crippen LogP contribution in [0.3, 0.4) is 0 Å². The minimum atomic E-state index is -0.381. The molecule has 4 heteroatoms. The monoisotopic (exact) mass is 257 g/mol. The number of alkyl carbamates (subject to hydrolysis) is 1. The van der Waals surface area contributed by atoms with Crippen LogP contribution in [-0.4, -0.2) is 18.0 Å². The average Bonchev–Trinajstić information content (AvgIpc) is 2.25. The van der Waals surface area contributed by atoms with Gasteiger partial charge in [-0.05, 0) is 5.56 Å². The van der Waals surface area contributed by atoms with Crippen LogP contribution in [0.5, 0.6) is 0 Å². The molecule has 1 aromatic rings. The van der Waals surface area contributed by atoms with Crippen molar-refractivity contribution in [3.05, 3.63) is 35.9 Å². The highest BCUT2D eigenvalue weighted by Gasteiger charge is 1.99. The van der Waals surface area contributed by atoms with Gasteiger partial charge in [-0.2, -0.15) is 0 Å². The summed E-state index contributed by atoms with van der Waals surface area (Å²) in [6, 6.07) is 9.70. The summed E-state index contributed by atoms with van der Waals surface area (Å²) in [5.74, 6) is 0. The molecule has 14 heavy (non-hydrogen) atoms. The molecule has 0 atom stereocenters. The molecule has 1 N–H and O–H groups in total. The zero-order chi connectivity index (χ0) is 10.2. The van der Waals surface area contributed by atoms with E-state index in [1.54, 1.807) is 0 Å². The maximum atomic E-state index is 11.0. The average molecular weight is 258 g/mol. The van der Waals surface area contributed by atoms with Crippen molar-refractivity contribution in [2.24, 2.45) is 0 Å². The Balaban J connectivity index is 2.24. The lowest BCUT2D eigenvalue weighted by Gasteiger charge is -2.05. The third-order valence-electron chi connectivity index (χ3n) is 1.59. The zero-order valence-corrected chi connectivity index (χ0v) is 9.29. The molecule has 1 aromatic carbocycles. The summed E-state index contributed by atoms with van der Waals surface area (Å²) in [7, 11) is 0. The first-order valence-electron chi connectivity index (χ1n) is 4.33. The highest BCUT2D eigenvalue weighted by Crippen LogP contribution is 1.97. The molecular formula is C10H12BrNO2. The molecule has 76 valence electrons. The number of ether oxygens (including phenoxy) is 1. The molecule has 0 aromatic heterocycles. The number of nitrogens with one attached hydrogen (secondary N) is 1. The third-order valence-corrected chi connectivity index (χ3v) is 1.91. The number of benzene rings is 1. The second-order valence-corrected chi connectivity index (χ2v) is 3.46. The Morgan fingerprint density at radius 1 is 1.36 bits per heavy atom. The molecule has 0 heterocycles. The highest BCUT2D eigenvalue weighted by molar-refractivity contribution is 9.09. The van der Waals surface area contributed by atoms with E-state index in [4.69, 9.17) is 4.74 Å². The van der Waals surface area contributed by atoms with Crippen LogP contribution in [0.25, 0.3) is 0 Å². The third kappa shape index (κ3) is 4.28. The topological polar surface area (TPSA) is 38.3 Å². The van der Waals surface area contributed by atoms with Crippen molar-refractivity contribution in [1.82, 2.24) is 5.32 Å². The van der Waals surface area contributed by atoms with Gasteiger partial charge in [-0.3, -0.25) is 0 Å².